The van der Waals surface area contributed by atoms with Crippen LogP contribution in [0.4, 0.5) is 5.82 Å². The number of ether oxygens (including phenoxy) is 1. The number of benzene rings is 1. The highest BCUT2D eigenvalue weighted by atomic mass is 32.2. The summed E-state index contributed by atoms with van der Waals surface area (Å²) in [5.41, 5.74) is 0.918. The van der Waals surface area contributed by atoms with E-state index in [2.05, 4.69) is 10.3 Å². The molecule has 0 saturated heterocycles. The number of sulfone groups is 1. The van der Waals surface area contributed by atoms with E-state index in [1.807, 2.05) is 19.1 Å². The summed E-state index contributed by atoms with van der Waals surface area (Å²) in [6, 6.07) is 10.3. The summed E-state index contributed by atoms with van der Waals surface area (Å²) in [6.07, 6.45) is 2.91. The number of hydrogen-bond donors (Lipinski definition) is 1. The van der Waals surface area contributed by atoms with Gasteiger partial charge >= 0.3 is 0 Å². The van der Waals surface area contributed by atoms with Crippen molar-refractivity contribution in [2.75, 3.05) is 18.1 Å². The quantitative estimate of drug-likeness (QED) is 0.888. The van der Waals surface area contributed by atoms with Crippen molar-refractivity contribution in [3.63, 3.8) is 0 Å². The number of aromatic nitrogens is 1. The molecule has 2 aromatic rings. The third-order valence-corrected chi connectivity index (χ3v) is 3.93. The topological polar surface area (TPSA) is 68.3 Å². The first-order chi connectivity index (χ1) is 9.99. The zero-order valence-corrected chi connectivity index (χ0v) is 12.9. The molecule has 0 atom stereocenters. The minimum absolute atomic E-state index is 0.251. The molecule has 0 spiro atoms. The van der Waals surface area contributed by atoms with Crippen LogP contribution < -0.4 is 10.1 Å². The van der Waals surface area contributed by atoms with E-state index in [9.17, 15) is 8.42 Å². The summed E-state index contributed by atoms with van der Waals surface area (Å²) in [5.74, 6) is 1.34. The van der Waals surface area contributed by atoms with Crippen molar-refractivity contribution < 1.29 is 13.2 Å². The lowest BCUT2D eigenvalue weighted by molar-refractivity contribution is 0.305. The highest BCUT2D eigenvalue weighted by Crippen LogP contribution is 2.18. The molecule has 5 nitrogen and oxygen atoms in total. The molecular formula is C15H18N2O3S. The highest BCUT2D eigenvalue weighted by molar-refractivity contribution is 7.90. The maximum Gasteiger partial charge on any atom is 0.175 e. The summed E-state index contributed by atoms with van der Waals surface area (Å²) in [4.78, 5) is 4.50. The first-order valence-electron chi connectivity index (χ1n) is 6.61. The molecule has 1 aromatic carbocycles. The molecule has 0 aliphatic heterocycles. The van der Waals surface area contributed by atoms with Crippen LogP contribution in [0.15, 0.2) is 47.5 Å². The molecule has 2 rings (SSSR count). The fourth-order valence-corrected chi connectivity index (χ4v) is 2.41. The Kier molecular flexibility index (Phi) is 4.80. The van der Waals surface area contributed by atoms with E-state index in [-0.39, 0.29) is 4.90 Å². The summed E-state index contributed by atoms with van der Waals surface area (Å²) < 4.78 is 28.6. The smallest absolute Gasteiger partial charge is 0.175 e. The Balaban J connectivity index is 2.03. The Morgan fingerprint density at radius 1 is 1.24 bits per heavy atom. The van der Waals surface area contributed by atoms with Crippen molar-refractivity contribution in [2.45, 2.75) is 18.4 Å². The number of nitrogens with one attached hydrogen (secondary N) is 1. The molecule has 1 N–H and O–H groups in total. The van der Waals surface area contributed by atoms with Crippen LogP contribution in [0.25, 0.3) is 0 Å². The van der Waals surface area contributed by atoms with Crippen molar-refractivity contribution in [3.05, 3.63) is 48.2 Å². The Labute approximate surface area is 124 Å². The summed E-state index contributed by atoms with van der Waals surface area (Å²) in [7, 11) is -3.22. The van der Waals surface area contributed by atoms with Gasteiger partial charge in [-0.1, -0.05) is 12.1 Å². The van der Waals surface area contributed by atoms with Gasteiger partial charge in [0.1, 0.15) is 18.2 Å². The van der Waals surface area contributed by atoms with E-state index < -0.39 is 9.84 Å². The average Bonchev–Trinajstić information content (AvgIpc) is 2.46. The Morgan fingerprint density at radius 3 is 2.67 bits per heavy atom. The van der Waals surface area contributed by atoms with Crippen LogP contribution in [0, 0.1) is 0 Å². The van der Waals surface area contributed by atoms with Crippen molar-refractivity contribution in [3.8, 4) is 5.75 Å². The molecule has 1 heterocycles. The second kappa shape index (κ2) is 6.58. The SMILES string of the molecule is CCNc1ccc(COc2cccc(S(C)(=O)=O)c2)cn1. The van der Waals surface area contributed by atoms with Gasteiger partial charge in [-0.25, -0.2) is 13.4 Å². The van der Waals surface area contributed by atoms with E-state index in [1.165, 1.54) is 12.3 Å². The molecule has 0 aliphatic rings. The summed E-state index contributed by atoms with van der Waals surface area (Å²) in [6.45, 7) is 3.17. The van der Waals surface area contributed by atoms with Gasteiger partial charge in [0.05, 0.1) is 4.90 Å². The van der Waals surface area contributed by atoms with Crippen LogP contribution in [0.3, 0.4) is 0 Å². The standard InChI is InChI=1S/C15H18N2O3S/c1-3-16-15-8-7-12(10-17-15)11-20-13-5-4-6-14(9-13)21(2,18)19/h4-10H,3,11H2,1-2H3,(H,16,17). The highest BCUT2D eigenvalue weighted by Gasteiger charge is 2.07. The predicted molar refractivity (Wildman–Crippen MR) is 82.3 cm³/mol. The molecule has 0 radical (unpaired) electrons. The monoisotopic (exact) mass is 306 g/mol. The Morgan fingerprint density at radius 2 is 2.05 bits per heavy atom. The van der Waals surface area contributed by atoms with Crippen LogP contribution in [0.1, 0.15) is 12.5 Å². The number of nitrogens with zero attached hydrogens (tertiary/aromatic N) is 1. The molecule has 0 fully saturated rings. The average molecular weight is 306 g/mol. The van der Waals surface area contributed by atoms with E-state index in [0.29, 0.717) is 12.4 Å². The largest absolute Gasteiger partial charge is 0.489 e. The fourth-order valence-electron chi connectivity index (χ4n) is 1.76. The zero-order valence-electron chi connectivity index (χ0n) is 12.0. The predicted octanol–water partition coefficient (Wildman–Crippen LogP) is 2.50. The molecule has 0 amide bonds. The third-order valence-electron chi connectivity index (χ3n) is 2.82. The molecule has 0 aliphatic carbocycles. The maximum absolute atomic E-state index is 11.5. The van der Waals surface area contributed by atoms with E-state index in [0.717, 1.165) is 17.9 Å². The molecule has 0 bridgehead atoms. The van der Waals surface area contributed by atoms with Gasteiger partial charge in [-0.3, -0.25) is 0 Å². The van der Waals surface area contributed by atoms with Crippen molar-refractivity contribution in [2.24, 2.45) is 0 Å². The first-order valence-corrected chi connectivity index (χ1v) is 8.50. The van der Waals surface area contributed by atoms with Crippen molar-refractivity contribution in [1.29, 1.82) is 0 Å². The van der Waals surface area contributed by atoms with Gasteiger partial charge in [0.15, 0.2) is 9.84 Å². The molecule has 0 saturated carbocycles. The van der Waals surface area contributed by atoms with Gasteiger partial charge in [0, 0.05) is 24.6 Å². The third kappa shape index (κ3) is 4.46. The normalized spacial score (nSPS) is 11.1. The van der Waals surface area contributed by atoms with Crippen LogP contribution >= 0.6 is 0 Å². The van der Waals surface area contributed by atoms with Gasteiger partial charge in [0.2, 0.25) is 0 Å². The molecule has 0 unspecified atom stereocenters. The van der Waals surface area contributed by atoms with E-state index >= 15 is 0 Å². The first kappa shape index (κ1) is 15.3. The van der Waals surface area contributed by atoms with Gasteiger partial charge < -0.3 is 10.1 Å². The minimum atomic E-state index is -3.22. The number of hydrogen-bond acceptors (Lipinski definition) is 5. The van der Waals surface area contributed by atoms with Gasteiger partial charge in [-0.15, -0.1) is 0 Å². The van der Waals surface area contributed by atoms with Crippen molar-refractivity contribution in [1.82, 2.24) is 4.98 Å². The van der Waals surface area contributed by atoms with Crippen LogP contribution in [-0.2, 0) is 16.4 Å². The number of rotatable bonds is 6. The van der Waals surface area contributed by atoms with Gasteiger partial charge in [-0.2, -0.15) is 0 Å². The molecule has 6 heteroatoms. The second-order valence-electron chi connectivity index (χ2n) is 4.62. The van der Waals surface area contributed by atoms with Gasteiger partial charge in [0.25, 0.3) is 0 Å². The van der Waals surface area contributed by atoms with Crippen LogP contribution in [0.5, 0.6) is 5.75 Å². The molecular weight excluding hydrogens is 288 g/mol. The fraction of sp³-hybridized carbons (Fsp3) is 0.267. The lowest BCUT2D eigenvalue weighted by Crippen LogP contribution is -2.01. The lowest BCUT2D eigenvalue weighted by atomic mass is 10.3. The Hall–Kier alpha value is -2.08. The van der Waals surface area contributed by atoms with E-state index in [1.54, 1.807) is 24.4 Å². The molecule has 112 valence electrons. The zero-order chi connectivity index (χ0) is 15.3. The number of anilines is 1. The van der Waals surface area contributed by atoms with Crippen LogP contribution in [-0.4, -0.2) is 26.2 Å². The molecule has 1 aromatic heterocycles. The van der Waals surface area contributed by atoms with E-state index in [4.69, 9.17) is 4.74 Å². The summed E-state index contributed by atoms with van der Waals surface area (Å²) >= 11 is 0. The lowest BCUT2D eigenvalue weighted by Gasteiger charge is -2.08. The second-order valence-corrected chi connectivity index (χ2v) is 6.63. The number of pyridine rings is 1. The summed E-state index contributed by atoms with van der Waals surface area (Å²) in [5, 5.41) is 3.11. The maximum atomic E-state index is 11.5. The van der Waals surface area contributed by atoms with Crippen molar-refractivity contribution >= 4 is 15.7 Å². The van der Waals surface area contributed by atoms with Crippen LogP contribution in [0.2, 0.25) is 0 Å². The minimum Gasteiger partial charge on any atom is -0.489 e. The molecule has 21 heavy (non-hydrogen) atoms. The Bertz CT molecular complexity index is 697. The van der Waals surface area contributed by atoms with Gasteiger partial charge in [-0.05, 0) is 31.2 Å².